The van der Waals surface area contributed by atoms with E-state index in [1.54, 1.807) is 0 Å². The number of rotatable bonds is 2. The van der Waals surface area contributed by atoms with Gasteiger partial charge in [-0.1, -0.05) is 11.9 Å². The zero-order valence-corrected chi connectivity index (χ0v) is 10.7. The van der Waals surface area contributed by atoms with Crippen LogP contribution < -0.4 is 34.7 Å². The number of nitrogens with zero attached hydrogens (tertiary/aromatic N) is 1. The Morgan fingerprint density at radius 3 is 2.64 bits per heavy atom. The van der Waals surface area contributed by atoms with E-state index in [9.17, 15) is 0 Å². The van der Waals surface area contributed by atoms with Crippen molar-refractivity contribution >= 4 is 11.9 Å². The molecule has 0 spiro atoms. The minimum absolute atomic E-state index is 0. The van der Waals surface area contributed by atoms with Gasteiger partial charge in [0.25, 0.3) is 0 Å². The fraction of sp³-hybridized carbons (Fsp3) is 0.857. The molecule has 2 nitrogen and oxygen atoms in total. The smallest absolute Gasteiger partial charge is 0.358 e. The molecule has 1 rings (SSSR count). The predicted octanol–water partition coefficient (Wildman–Crippen LogP) is -2.00. The molecule has 1 unspecified atom stereocenters. The van der Waals surface area contributed by atoms with Gasteiger partial charge < -0.3 is 12.3 Å². The minimum Gasteiger partial charge on any atom is -0.358 e. The second-order valence-electron chi connectivity index (χ2n) is 2.75. The molecule has 0 aliphatic carbocycles. The number of nitrogens with two attached hydrogens (primary N) is 1. The fourth-order valence-electron chi connectivity index (χ4n) is 1.30. The first-order valence-corrected chi connectivity index (χ1v) is 4.38. The van der Waals surface area contributed by atoms with E-state index >= 15 is 0 Å². The SMILES string of the molecule is CN1CCC(CSN)C1.[CH3-].[Na+]. The molecule has 1 fully saturated rings. The monoisotopic (exact) mass is 184 g/mol. The van der Waals surface area contributed by atoms with Crippen LogP contribution in [0.25, 0.3) is 0 Å². The van der Waals surface area contributed by atoms with Crippen LogP contribution in [0.4, 0.5) is 0 Å². The average Bonchev–Trinajstić information content (AvgIpc) is 2.17. The van der Waals surface area contributed by atoms with E-state index in [1.165, 1.54) is 31.5 Å². The van der Waals surface area contributed by atoms with Crippen LogP contribution >= 0.6 is 11.9 Å². The van der Waals surface area contributed by atoms with Crippen LogP contribution in [-0.2, 0) is 0 Å². The summed E-state index contributed by atoms with van der Waals surface area (Å²) in [7, 11) is 2.17. The molecule has 1 aliphatic rings. The van der Waals surface area contributed by atoms with Crippen molar-refractivity contribution in [1.82, 2.24) is 4.90 Å². The van der Waals surface area contributed by atoms with Gasteiger partial charge in [0.1, 0.15) is 0 Å². The van der Waals surface area contributed by atoms with E-state index in [1.807, 2.05) is 0 Å². The number of likely N-dealkylation sites (tertiary alicyclic amines) is 1. The number of hydrogen-bond acceptors (Lipinski definition) is 3. The molecule has 0 aromatic heterocycles. The van der Waals surface area contributed by atoms with Gasteiger partial charge >= 0.3 is 29.6 Å². The van der Waals surface area contributed by atoms with E-state index in [0.717, 1.165) is 11.7 Å². The van der Waals surface area contributed by atoms with Gasteiger partial charge in [-0.05, 0) is 25.9 Å². The van der Waals surface area contributed by atoms with Gasteiger partial charge in [-0.2, -0.15) is 0 Å². The molecular weight excluding hydrogens is 167 g/mol. The van der Waals surface area contributed by atoms with E-state index in [4.69, 9.17) is 5.14 Å². The van der Waals surface area contributed by atoms with E-state index < -0.39 is 0 Å². The van der Waals surface area contributed by atoms with Gasteiger partial charge in [0.2, 0.25) is 0 Å². The van der Waals surface area contributed by atoms with Crippen LogP contribution in [0.1, 0.15) is 6.42 Å². The molecule has 0 aromatic rings. The Morgan fingerprint density at radius 2 is 2.27 bits per heavy atom. The summed E-state index contributed by atoms with van der Waals surface area (Å²) in [5.41, 5.74) is 0. The molecule has 0 aromatic carbocycles. The topological polar surface area (TPSA) is 29.3 Å². The fourth-order valence-corrected chi connectivity index (χ4v) is 1.84. The molecule has 4 heteroatoms. The molecule has 1 saturated heterocycles. The third-order valence-corrected chi connectivity index (χ3v) is 2.48. The third kappa shape index (κ3) is 5.50. The zero-order chi connectivity index (χ0) is 6.69. The van der Waals surface area contributed by atoms with Crippen LogP contribution in [0.2, 0.25) is 0 Å². The molecule has 0 saturated carbocycles. The van der Waals surface area contributed by atoms with Gasteiger partial charge in [0.15, 0.2) is 0 Å². The minimum atomic E-state index is 0. The standard InChI is InChI=1S/C6H14N2S.CH3.Na/c1-8-3-2-6(4-8)5-9-7;;/h6H,2-5,7H2,1H3;1H3;/q;-1;+1. The average molecular weight is 184 g/mol. The first-order valence-electron chi connectivity index (χ1n) is 3.33. The van der Waals surface area contributed by atoms with Crippen LogP contribution in [0, 0.1) is 13.3 Å². The Kier molecular flexibility index (Phi) is 10.6. The molecule has 0 amide bonds. The molecule has 62 valence electrons. The first kappa shape index (κ1) is 14.8. The van der Waals surface area contributed by atoms with E-state index in [-0.39, 0.29) is 37.0 Å². The van der Waals surface area contributed by atoms with Gasteiger partial charge in [0, 0.05) is 12.3 Å². The van der Waals surface area contributed by atoms with Crippen LogP contribution in [0.5, 0.6) is 0 Å². The first-order chi connectivity index (χ1) is 4.33. The Bertz CT molecular complexity index is 90.5. The van der Waals surface area contributed by atoms with E-state index in [2.05, 4.69) is 11.9 Å². The Hall–Kier alpha value is 1.27. The third-order valence-electron chi connectivity index (χ3n) is 1.82. The van der Waals surface area contributed by atoms with Crippen molar-refractivity contribution in [3.8, 4) is 0 Å². The quantitative estimate of drug-likeness (QED) is 0.306. The molecule has 1 heterocycles. The molecule has 11 heavy (non-hydrogen) atoms. The van der Waals surface area contributed by atoms with Crippen molar-refractivity contribution in [3.05, 3.63) is 7.43 Å². The molecule has 0 radical (unpaired) electrons. The summed E-state index contributed by atoms with van der Waals surface area (Å²) in [6, 6.07) is 0. The maximum absolute atomic E-state index is 5.35. The second-order valence-corrected chi connectivity index (χ2v) is 3.42. The van der Waals surface area contributed by atoms with Crippen LogP contribution in [-0.4, -0.2) is 30.8 Å². The van der Waals surface area contributed by atoms with Crippen molar-refractivity contribution < 1.29 is 29.6 Å². The van der Waals surface area contributed by atoms with Crippen LogP contribution in [0.3, 0.4) is 0 Å². The summed E-state index contributed by atoms with van der Waals surface area (Å²) in [5, 5.41) is 5.35. The maximum atomic E-state index is 5.35. The van der Waals surface area contributed by atoms with E-state index in [0.29, 0.717) is 0 Å². The summed E-state index contributed by atoms with van der Waals surface area (Å²) in [6.07, 6.45) is 1.33. The van der Waals surface area contributed by atoms with Crippen molar-refractivity contribution in [1.29, 1.82) is 0 Å². The van der Waals surface area contributed by atoms with Crippen molar-refractivity contribution in [2.75, 3.05) is 25.9 Å². The van der Waals surface area contributed by atoms with Gasteiger partial charge in [-0.15, -0.1) is 0 Å². The van der Waals surface area contributed by atoms with Crippen molar-refractivity contribution in [2.24, 2.45) is 11.1 Å². The Labute approximate surface area is 96.7 Å². The van der Waals surface area contributed by atoms with Gasteiger partial charge in [-0.25, -0.2) is 0 Å². The van der Waals surface area contributed by atoms with Crippen molar-refractivity contribution in [2.45, 2.75) is 6.42 Å². The Balaban J connectivity index is 0. The zero-order valence-electron chi connectivity index (χ0n) is 7.84. The second kappa shape index (κ2) is 7.90. The summed E-state index contributed by atoms with van der Waals surface area (Å²) in [5.74, 6) is 1.98. The normalized spacial score (nSPS) is 24.0. The summed E-state index contributed by atoms with van der Waals surface area (Å²) in [4.78, 5) is 2.36. The summed E-state index contributed by atoms with van der Waals surface area (Å²) < 4.78 is 0. The molecule has 0 bridgehead atoms. The Morgan fingerprint density at radius 1 is 1.64 bits per heavy atom. The van der Waals surface area contributed by atoms with Gasteiger partial charge in [-0.3, -0.25) is 5.14 Å². The molecule has 1 aliphatic heterocycles. The van der Waals surface area contributed by atoms with Crippen LogP contribution in [0.15, 0.2) is 0 Å². The predicted molar refractivity (Wildman–Crippen MR) is 48.7 cm³/mol. The molecule has 1 atom stereocenters. The summed E-state index contributed by atoms with van der Waals surface area (Å²) in [6.45, 7) is 2.50. The van der Waals surface area contributed by atoms with Crippen molar-refractivity contribution in [3.63, 3.8) is 0 Å². The number of hydrogen-bond donors (Lipinski definition) is 1. The molecule has 2 N–H and O–H groups in total. The van der Waals surface area contributed by atoms with Gasteiger partial charge in [0.05, 0.1) is 0 Å². The largest absolute Gasteiger partial charge is 1.00 e. The summed E-state index contributed by atoms with van der Waals surface area (Å²) >= 11 is 1.47. The molecular formula is C7H17N2NaS. The maximum Gasteiger partial charge on any atom is 1.00 e.